The molecular weight excluding hydrogens is 710 g/mol. The lowest BCUT2D eigenvalue weighted by Gasteiger charge is -2.24. The quantitative estimate of drug-likeness (QED) is 0.0840. The van der Waals surface area contributed by atoms with Gasteiger partial charge in [0, 0.05) is 16.4 Å². The maximum Gasteiger partial charge on any atom is 1.00 e. The van der Waals surface area contributed by atoms with E-state index in [9.17, 15) is 4.79 Å². The van der Waals surface area contributed by atoms with E-state index in [-0.39, 0.29) is 7.21 Å². The molecule has 4 rings (SSSR count). The molecule has 0 radical (unpaired) electrons. The first-order chi connectivity index (χ1) is 23.9. The first-order valence-corrected chi connectivity index (χ1v) is 21.5. The molecule has 2 atom stereocenters. The molecule has 0 aliphatic rings. The lowest BCUT2D eigenvalue weighted by atomic mass is 9.94. The molecule has 4 aromatic carbocycles. The van der Waals surface area contributed by atoms with Gasteiger partial charge in [0.15, 0.2) is 0 Å². The van der Waals surface area contributed by atoms with Gasteiger partial charge in [-0.15, -0.1) is 6.58 Å². The van der Waals surface area contributed by atoms with Crippen molar-refractivity contribution in [1.29, 1.82) is 0 Å². The van der Waals surface area contributed by atoms with Crippen molar-refractivity contribution in [3.05, 3.63) is 161 Å². The number of carbonyl (C=O) groups excluding carboxylic acids is 1. The number of halogens is 3. The van der Waals surface area contributed by atoms with E-state index in [1.54, 1.807) is 31.2 Å². The highest BCUT2D eigenvalue weighted by Crippen LogP contribution is 2.27. The molecule has 0 fully saturated rings. The van der Waals surface area contributed by atoms with Crippen LogP contribution < -0.4 is 0 Å². The predicted molar refractivity (Wildman–Crippen MR) is 220 cm³/mol. The predicted octanol–water partition coefficient (Wildman–Crippen LogP) is 13.5. The van der Waals surface area contributed by atoms with Crippen LogP contribution in [0.2, 0.25) is 0 Å². The van der Waals surface area contributed by atoms with Crippen LogP contribution in [0.5, 0.6) is 5.75 Å². The summed E-state index contributed by atoms with van der Waals surface area (Å²) >= 11 is -1.72. The van der Waals surface area contributed by atoms with Crippen molar-refractivity contribution in [2.45, 2.75) is 85.7 Å². The van der Waals surface area contributed by atoms with Crippen LogP contribution in [0.15, 0.2) is 140 Å². The van der Waals surface area contributed by atoms with E-state index in [0.29, 0.717) is 18.1 Å². The third-order valence-electron chi connectivity index (χ3n) is 6.45. The van der Waals surface area contributed by atoms with Crippen LogP contribution in [-0.4, -0.2) is 27.5 Å². The Kier molecular flexibility index (Phi) is 43.5. The highest BCUT2D eigenvalue weighted by atomic mass is 35.8. The second kappa shape index (κ2) is 40.4. The monoisotopic (exact) mass is 765 g/mol. The summed E-state index contributed by atoms with van der Waals surface area (Å²) in [5.74, 6) is 1.29. The number of Topliss-reactive ketones (excluding diaryl/α,β-unsaturated/α-hetero) is 1. The SMILES string of the molecule is C=CCC.CCC(C)(OO)c1ccccc1.CCC(C)=O.CCC(C)c1ccccc1.O=O.Oc1ccccc1.[Cl][Al]([Cl])[Cl].[H+].c1ccccc1. The molecule has 0 bridgehead atoms. The molecule has 2 N–H and O–H groups in total. The minimum Gasteiger partial charge on any atom is -0.508 e. The fourth-order valence-electron chi connectivity index (χ4n) is 2.94. The topological polar surface area (TPSA) is 101 Å². The van der Waals surface area contributed by atoms with Gasteiger partial charge in [-0.1, -0.05) is 156 Å². The van der Waals surface area contributed by atoms with E-state index in [1.807, 2.05) is 99.6 Å². The van der Waals surface area contributed by atoms with Crippen LogP contribution >= 0.6 is 30.1 Å². The minimum absolute atomic E-state index is 0. The normalized spacial score (nSPS) is 10.4. The van der Waals surface area contributed by atoms with Gasteiger partial charge in [-0.25, -0.2) is 35.0 Å². The average molecular weight is 767 g/mol. The Hall–Kier alpha value is -2.99. The van der Waals surface area contributed by atoms with Crippen molar-refractivity contribution < 1.29 is 21.5 Å². The van der Waals surface area contributed by atoms with Gasteiger partial charge in [-0.05, 0) is 62.3 Å². The Balaban J connectivity index is -0.000000165. The van der Waals surface area contributed by atoms with Crippen LogP contribution in [-0.2, 0) is 15.3 Å². The maximum absolute atomic E-state index is 9.81. The zero-order valence-corrected chi connectivity index (χ0v) is 34.0. The minimum atomic E-state index is -1.72. The Bertz CT molecular complexity index is 1210. The second-order valence-electron chi connectivity index (χ2n) is 10.3. The van der Waals surface area contributed by atoms with E-state index in [0.717, 1.165) is 18.4 Å². The third-order valence-corrected chi connectivity index (χ3v) is 6.45. The van der Waals surface area contributed by atoms with Crippen molar-refractivity contribution in [3.63, 3.8) is 0 Å². The van der Waals surface area contributed by atoms with E-state index < -0.39 is 17.0 Å². The molecule has 2 unspecified atom stereocenters. The van der Waals surface area contributed by atoms with Crippen LogP contribution in [0, 0.1) is 9.93 Å². The highest BCUT2D eigenvalue weighted by molar-refractivity contribution is 7.54. The average Bonchev–Trinajstić information content (AvgIpc) is 3.17. The number of benzene rings is 4. The van der Waals surface area contributed by atoms with Crippen molar-refractivity contribution in [2.75, 3.05) is 0 Å². The summed E-state index contributed by atoms with van der Waals surface area (Å²) < 4.78 is 0. The summed E-state index contributed by atoms with van der Waals surface area (Å²) in [6.07, 6.45) is 5.59. The molecule has 4 aromatic rings. The zero-order valence-electron chi connectivity index (χ0n) is 31.6. The molecule has 0 saturated heterocycles. The summed E-state index contributed by atoms with van der Waals surface area (Å²) in [5, 5.41) is 17.4. The van der Waals surface area contributed by atoms with E-state index >= 15 is 0 Å². The number of aromatic hydroxyl groups is 1. The Morgan fingerprint density at radius 1 is 0.800 bits per heavy atom. The van der Waals surface area contributed by atoms with Gasteiger partial charge in [-0.3, -0.25) is 5.26 Å². The van der Waals surface area contributed by atoms with Crippen LogP contribution in [0.3, 0.4) is 0 Å². The second-order valence-corrected chi connectivity index (χ2v) is 16.7. The molecule has 6 nitrogen and oxygen atoms in total. The summed E-state index contributed by atoms with van der Waals surface area (Å²) in [6, 6.07) is 41.0. The van der Waals surface area contributed by atoms with E-state index in [4.69, 9.17) is 50.4 Å². The fourth-order valence-corrected chi connectivity index (χ4v) is 2.94. The first kappa shape index (κ1) is 53.8. The summed E-state index contributed by atoms with van der Waals surface area (Å²) in [5.41, 5.74) is 1.88. The van der Waals surface area contributed by atoms with Crippen LogP contribution in [0.25, 0.3) is 0 Å². The number of phenolic OH excluding ortho intramolecular Hbond substituents is 1. The number of allylic oxidation sites excluding steroid dienone is 1. The molecule has 0 aromatic heterocycles. The van der Waals surface area contributed by atoms with Gasteiger partial charge < -0.3 is 9.90 Å². The molecule has 0 aliphatic heterocycles. The number of carbonyl (C=O) groups is 1. The van der Waals surface area contributed by atoms with E-state index in [1.165, 1.54) is 12.0 Å². The van der Waals surface area contributed by atoms with Gasteiger partial charge in [0.1, 0.15) is 17.1 Å². The van der Waals surface area contributed by atoms with Gasteiger partial charge in [-0.2, -0.15) is 0 Å². The van der Waals surface area contributed by atoms with Gasteiger partial charge in [0.25, 0.3) is 0 Å². The molecule has 10 heteroatoms. The number of phenols is 1. The number of para-hydroxylation sites is 1. The molecule has 0 heterocycles. The lowest BCUT2D eigenvalue weighted by Crippen LogP contribution is -2.23. The van der Waals surface area contributed by atoms with Crippen molar-refractivity contribution in [2.24, 2.45) is 0 Å². The molecule has 50 heavy (non-hydrogen) atoms. The largest absolute Gasteiger partial charge is 1.00 e. The van der Waals surface area contributed by atoms with Crippen molar-refractivity contribution in [1.82, 2.24) is 0 Å². The third kappa shape index (κ3) is 37.8. The number of rotatable bonds is 7. The number of ketones is 1. The lowest BCUT2D eigenvalue weighted by molar-refractivity contribution is -0.324. The van der Waals surface area contributed by atoms with Crippen LogP contribution in [0.4, 0.5) is 0 Å². The van der Waals surface area contributed by atoms with E-state index in [2.05, 4.69) is 62.6 Å². The molecule has 0 amide bonds. The number of hydrogen-bond donors (Lipinski definition) is 2. The Morgan fingerprint density at radius 3 is 1.32 bits per heavy atom. The summed E-state index contributed by atoms with van der Waals surface area (Å²) in [6.45, 7) is 17.3. The summed E-state index contributed by atoms with van der Waals surface area (Å²) in [4.78, 5) is 28.3. The van der Waals surface area contributed by atoms with Gasteiger partial charge in [0.2, 0.25) is 0 Å². The Morgan fingerprint density at radius 2 is 1.10 bits per heavy atom. The first-order valence-electron chi connectivity index (χ1n) is 16.2. The Labute approximate surface area is 319 Å². The number of hydrogen-bond acceptors (Lipinski definition) is 6. The highest BCUT2D eigenvalue weighted by Gasteiger charge is 2.25. The molecule has 0 saturated carbocycles. The maximum atomic E-state index is 9.81. The standard InChI is InChI=1S/C10H14O2.C10H14.C6H6O.C6H6.C4H8O.C4H8.Al.3ClH.O2/c1-3-10(2,12-11)9-7-5-4-6-8-9;1-3-9(2)10-7-5-4-6-8-10;7-6-4-2-1-3-5-6;1-2-4-6-5-3-1;1-3-4(2)5;1-3-4-2;;;;;1-2/h4-8,11H,3H2,1-2H3;4-9H,3H2,1-2H3;1-5,7H;1-6H;3H2,1-2H3;3H,1,4H2,2H3;;3*1H;/q;;;;;;+3;;;;/p-2. The molecular formula is C40H57AlCl3O6+. The fraction of sp³-hybridized carbons (Fsp3) is 0.325. The molecule has 276 valence electrons. The smallest absolute Gasteiger partial charge is 0.508 e. The zero-order chi connectivity index (χ0) is 39.1. The van der Waals surface area contributed by atoms with Crippen LogP contribution in [0.1, 0.15) is 92.6 Å². The molecule has 0 spiro atoms. The van der Waals surface area contributed by atoms with Crippen molar-refractivity contribution >= 4 is 47.3 Å². The summed E-state index contributed by atoms with van der Waals surface area (Å²) in [7, 11) is 14.8. The van der Waals surface area contributed by atoms with Gasteiger partial charge >= 0.3 is 12.8 Å². The van der Waals surface area contributed by atoms with Crippen molar-refractivity contribution in [3.8, 4) is 5.75 Å². The molecule has 0 aliphatic carbocycles. The van der Waals surface area contributed by atoms with Gasteiger partial charge in [0.05, 0.1) is 0 Å².